The molecule has 0 bridgehead atoms. The van der Waals surface area contributed by atoms with Gasteiger partial charge in [0.2, 0.25) is 0 Å². The third kappa shape index (κ3) is 1.32. The first-order valence-electron chi connectivity index (χ1n) is 3.32. The van der Waals surface area contributed by atoms with Crippen molar-refractivity contribution in [3.63, 3.8) is 0 Å². The van der Waals surface area contributed by atoms with E-state index in [1.165, 1.54) is 0 Å². The highest BCUT2D eigenvalue weighted by atomic mass is 16.1. The maximum atomic E-state index is 11.1. The van der Waals surface area contributed by atoms with Crippen LogP contribution in [0.4, 0.5) is 0 Å². The van der Waals surface area contributed by atoms with Crippen LogP contribution < -0.4 is 5.56 Å². The predicted octanol–water partition coefficient (Wildman–Crippen LogP) is 0.973. The second-order valence-electron chi connectivity index (χ2n) is 2.48. The highest BCUT2D eigenvalue weighted by molar-refractivity contribution is 5.37. The van der Waals surface area contributed by atoms with E-state index in [1.807, 2.05) is 19.9 Å². The molecule has 1 aromatic heterocycles. The molecule has 0 aromatic carbocycles. The van der Waals surface area contributed by atoms with Crippen molar-refractivity contribution in [3.8, 4) is 12.3 Å². The fraction of sp³-hybridized carbons (Fsp3) is 0.222. The third-order valence-electron chi connectivity index (χ3n) is 1.51. The molecule has 0 unspecified atom stereocenters. The van der Waals surface area contributed by atoms with Crippen LogP contribution in [0.2, 0.25) is 0 Å². The van der Waals surface area contributed by atoms with Gasteiger partial charge in [-0.2, -0.15) is 0 Å². The number of rotatable bonds is 0. The van der Waals surface area contributed by atoms with Gasteiger partial charge in [0.1, 0.15) is 0 Å². The Hall–Kier alpha value is -1.49. The molecule has 0 saturated heterocycles. The Morgan fingerprint density at radius 2 is 2.18 bits per heavy atom. The molecule has 0 aliphatic heterocycles. The number of pyridine rings is 1. The van der Waals surface area contributed by atoms with Crippen LogP contribution in [0.3, 0.4) is 0 Å². The Morgan fingerprint density at radius 1 is 1.55 bits per heavy atom. The number of aromatic nitrogens is 1. The van der Waals surface area contributed by atoms with Gasteiger partial charge in [0, 0.05) is 5.69 Å². The lowest BCUT2D eigenvalue weighted by Crippen LogP contribution is -2.12. The van der Waals surface area contributed by atoms with E-state index in [-0.39, 0.29) is 5.56 Å². The maximum Gasteiger partial charge on any atom is 0.264 e. The van der Waals surface area contributed by atoms with Crippen molar-refractivity contribution in [2.45, 2.75) is 13.8 Å². The first-order valence-corrected chi connectivity index (χ1v) is 3.32. The highest BCUT2D eigenvalue weighted by Gasteiger charge is 1.99. The summed E-state index contributed by atoms with van der Waals surface area (Å²) in [4.78, 5) is 13.7. The lowest BCUT2D eigenvalue weighted by atomic mass is 10.1. The van der Waals surface area contributed by atoms with Crippen LogP contribution in [0.5, 0.6) is 0 Å². The minimum Gasteiger partial charge on any atom is -0.325 e. The summed E-state index contributed by atoms with van der Waals surface area (Å²) in [6.45, 7) is 3.66. The Kier molecular flexibility index (Phi) is 1.82. The van der Waals surface area contributed by atoms with Crippen LogP contribution >= 0.6 is 0 Å². The summed E-state index contributed by atoms with van der Waals surface area (Å²) in [6, 6.07) is 1.86. The largest absolute Gasteiger partial charge is 0.325 e. The molecule has 0 atom stereocenters. The standard InChI is InChI=1S/C9H9NO/c1-4-8-6(2)5-7(3)10-9(8)11/h1,5H,2-3H3,(H,10,11). The lowest BCUT2D eigenvalue weighted by molar-refractivity contribution is 1.11. The summed E-state index contributed by atoms with van der Waals surface area (Å²) in [5.41, 5.74) is 1.95. The number of hydrogen-bond acceptors (Lipinski definition) is 1. The van der Waals surface area contributed by atoms with Gasteiger partial charge in [0.15, 0.2) is 0 Å². The van der Waals surface area contributed by atoms with Gasteiger partial charge in [-0.25, -0.2) is 0 Å². The van der Waals surface area contributed by atoms with Gasteiger partial charge < -0.3 is 4.98 Å². The van der Waals surface area contributed by atoms with E-state index in [0.29, 0.717) is 5.56 Å². The first-order chi connectivity index (χ1) is 5.15. The molecular weight excluding hydrogens is 138 g/mol. The molecule has 0 aliphatic carbocycles. The predicted molar refractivity (Wildman–Crippen MR) is 44.5 cm³/mol. The number of terminal acetylenes is 1. The summed E-state index contributed by atoms with van der Waals surface area (Å²) in [6.07, 6.45) is 5.13. The summed E-state index contributed by atoms with van der Waals surface area (Å²) in [7, 11) is 0. The Bertz CT molecular complexity index is 368. The summed E-state index contributed by atoms with van der Waals surface area (Å²) < 4.78 is 0. The molecule has 0 saturated carbocycles. The van der Waals surface area contributed by atoms with Crippen molar-refractivity contribution in [2.24, 2.45) is 0 Å². The van der Waals surface area contributed by atoms with E-state index in [4.69, 9.17) is 6.42 Å². The number of aromatic amines is 1. The third-order valence-corrected chi connectivity index (χ3v) is 1.51. The minimum atomic E-state index is -0.176. The van der Waals surface area contributed by atoms with Crippen molar-refractivity contribution in [3.05, 3.63) is 33.2 Å². The Balaban J connectivity index is 3.53. The van der Waals surface area contributed by atoms with Crippen molar-refractivity contribution < 1.29 is 0 Å². The average molecular weight is 147 g/mol. The fourth-order valence-corrected chi connectivity index (χ4v) is 1.03. The van der Waals surface area contributed by atoms with Gasteiger partial charge in [-0.05, 0) is 25.5 Å². The second-order valence-corrected chi connectivity index (χ2v) is 2.48. The first kappa shape index (κ1) is 7.62. The number of H-pyrrole nitrogens is 1. The molecule has 1 heterocycles. The van der Waals surface area contributed by atoms with E-state index in [1.54, 1.807) is 0 Å². The minimum absolute atomic E-state index is 0.176. The molecule has 56 valence electrons. The van der Waals surface area contributed by atoms with E-state index >= 15 is 0 Å². The van der Waals surface area contributed by atoms with Crippen LogP contribution in [-0.4, -0.2) is 4.98 Å². The highest BCUT2D eigenvalue weighted by Crippen LogP contribution is 2.00. The van der Waals surface area contributed by atoms with Crippen molar-refractivity contribution >= 4 is 0 Å². The van der Waals surface area contributed by atoms with E-state index in [2.05, 4.69) is 10.9 Å². The van der Waals surface area contributed by atoms with E-state index in [0.717, 1.165) is 11.3 Å². The summed E-state index contributed by atoms with van der Waals surface area (Å²) in [5, 5.41) is 0. The molecule has 1 rings (SSSR count). The van der Waals surface area contributed by atoms with Crippen LogP contribution in [0.1, 0.15) is 16.8 Å². The number of aryl methyl sites for hydroxylation is 2. The quantitative estimate of drug-likeness (QED) is 0.545. The normalized spacial score (nSPS) is 9.18. The average Bonchev–Trinajstić information content (AvgIpc) is 1.85. The summed E-state index contributed by atoms with van der Waals surface area (Å²) >= 11 is 0. The van der Waals surface area contributed by atoms with Crippen LogP contribution in [0.15, 0.2) is 10.9 Å². The van der Waals surface area contributed by atoms with Crippen molar-refractivity contribution in [1.29, 1.82) is 0 Å². The van der Waals surface area contributed by atoms with Gasteiger partial charge >= 0.3 is 0 Å². The van der Waals surface area contributed by atoms with Crippen molar-refractivity contribution in [2.75, 3.05) is 0 Å². The van der Waals surface area contributed by atoms with Crippen molar-refractivity contribution in [1.82, 2.24) is 4.98 Å². The molecular formula is C9H9NO. The molecule has 0 spiro atoms. The van der Waals surface area contributed by atoms with Crippen LogP contribution in [-0.2, 0) is 0 Å². The zero-order valence-corrected chi connectivity index (χ0v) is 6.56. The zero-order chi connectivity index (χ0) is 8.43. The Labute approximate surface area is 65.3 Å². The molecule has 0 amide bonds. The molecule has 1 aromatic rings. The fourth-order valence-electron chi connectivity index (χ4n) is 1.03. The summed E-state index contributed by atoms with van der Waals surface area (Å²) in [5.74, 6) is 2.35. The van der Waals surface area contributed by atoms with Crippen LogP contribution in [0.25, 0.3) is 0 Å². The van der Waals surface area contributed by atoms with Gasteiger partial charge in [-0.3, -0.25) is 4.79 Å². The molecule has 1 N–H and O–H groups in total. The van der Waals surface area contributed by atoms with Crippen LogP contribution in [0, 0.1) is 26.2 Å². The number of hydrogen-bond donors (Lipinski definition) is 1. The van der Waals surface area contributed by atoms with Gasteiger partial charge in [-0.1, -0.05) is 5.92 Å². The topological polar surface area (TPSA) is 32.9 Å². The molecule has 11 heavy (non-hydrogen) atoms. The van der Waals surface area contributed by atoms with Gasteiger partial charge in [-0.15, -0.1) is 6.42 Å². The number of nitrogens with one attached hydrogen (secondary N) is 1. The SMILES string of the molecule is C#Cc1c(C)cc(C)[nH]c1=O. The smallest absolute Gasteiger partial charge is 0.264 e. The van der Waals surface area contributed by atoms with E-state index < -0.39 is 0 Å². The zero-order valence-electron chi connectivity index (χ0n) is 6.56. The molecule has 2 heteroatoms. The van der Waals surface area contributed by atoms with Gasteiger partial charge in [0.05, 0.1) is 5.56 Å². The monoisotopic (exact) mass is 147 g/mol. The molecule has 0 aliphatic rings. The molecule has 0 radical (unpaired) electrons. The second kappa shape index (κ2) is 2.63. The molecule has 2 nitrogen and oxygen atoms in total. The molecule has 0 fully saturated rings. The van der Waals surface area contributed by atoms with Gasteiger partial charge in [0.25, 0.3) is 5.56 Å². The lowest BCUT2D eigenvalue weighted by Gasteiger charge is -1.97. The van der Waals surface area contributed by atoms with E-state index in [9.17, 15) is 4.79 Å². The maximum absolute atomic E-state index is 11.1. The Morgan fingerprint density at radius 3 is 2.64 bits per heavy atom.